The van der Waals surface area contributed by atoms with Crippen molar-refractivity contribution in [1.82, 2.24) is 0 Å². The predicted molar refractivity (Wildman–Crippen MR) is 78.4 cm³/mol. The maximum Gasteiger partial charge on any atom is 0.433 e. The SMILES string of the molecule is C[C@@H]1C(=CC(=O)OC(C)(C)C)O[C@@]1(c1ccccc1)C(F)(F)F. The van der Waals surface area contributed by atoms with E-state index in [4.69, 9.17) is 9.47 Å². The van der Waals surface area contributed by atoms with E-state index >= 15 is 0 Å². The molecular formula is C17H19F3O3. The molecule has 2 atom stereocenters. The van der Waals surface area contributed by atoms with Gasteiger partial charge >= 0.3 is 12.1 Å². The van der Waals surface area contributed by atoms with Crippen molar-refractivity contribution in [2.75, 3.05) is 0 Å². The van der Waals surface area contributed by atoms with Crippen molar-refractivity contribution in [1.29, 1.82) is 0 Å². The van der Waals surface area contributed by atoms with E-state index in [0.29, 0.717) is 0 Å². The molecular weight excluding hydrogens is 309 g/mol. The zero-order chi connectivity index (χ0) is 17.5. The average Bonchev–Trinajstić information content (AvgIpc) is 2.40. The molecule has 0 saturated carbocycles. The van der Waals surface area contributed by atoms with E-state index in [1.54, 1.807) is 26.8 Å². The van der Waals surface area contributed by atoms with Crippen LogP contribution in [0.15, 0.2) is 42.2 Å². The van der Waals surface area contributed by atoms with Crippen LogP contribution in [0, 0.1) is 5.92 Å². The highest BCUT2D eigenvalue weighted by Gasteiger charge is 2.69. The molecule has 3 nitrogen and oxygen atoms in total. The van der Waals surface area contributed by atoms with Crippen molar-refractivity contribution >= 4 is 5.97 Å². The molecule has 1 aliphatic rings. The molecule has 0 aromatic heterocycles. The van der Waals surface area contributed by atoms with Gasteiger partial charge in [-0.25, -0.2) is 4.79 Å². The molecule has 126 valence electrons. The second kappa shape index (κ2) is 5.58. The second-order valence-electron chi connectivity index (χ2n) is 6.50. The molecule has 0 aliphatic carbocycles. The van der Waals surface area contributed by atoms with E-state index in [1.165, 1.54) is 31.2 Å². The Morgan fingerprint density at radius 2 is 1.78 bits per heavy atom. The lowest BCUT2D eigenvalue weighted by molar-refractivity contribution is -0.332. The Hall–Kier alpha value is -1.98. The number of alkyl halides is 3. The molecule has 1 saturated heterocycles. The molecule has 1 fully saturated rings. The van der Waals surface area contributed by atoms with Gasteiger partial charge in [0.15, 0.2) is 0 Å². The summed E-state index contributed by atoms with van der Waals surface area (Å²) in [5.41, 5.74) is -3.13. The normalized spacial score (nSPS) is 26.4. The van der Waals surface area contributed by atoms with Gasteiger partial charge < -0.3 is 9.47 Å². The van der Waals surface area contributed by atoms with Gasteiger partial charge in [0.2, 0.25) is 5.60 Å². The third-order valence-corrected chi connectivity index (χ3v) is 3.61. The van der Waals surface area contributed by atoms with Gasteiger partial charge in [-0.05, 0) is 20.8 Å². The Bertz CT molecular complexity index is 614. The molecule has 0 radical (unpaired) electrons. The Morgan fingerprint density at radius 1 is 1.22 bits per heavy atom. The minimum Gasteiger partial charge on any atom is -0.476 e. The minimum absolute atomic E-state index is 0.0151. The van der Waals surface area contributed by atoms with E-state index in [1.807, 2.05) is 0 Å². The van der Waals surface area contributed by atoms with E-state index in [0.717, 1.165) is 6.08 Å². The quantitative estimate of drug-likeness (QED) is 0.598. The van der Waals surface area contributed by atoms with Crippen molar-refractivity contribution in [2.24, 2.45) is 5.92 Å². The van der Waals surface area contributed by atoms with E-state index < -0.39 is 29.3 Å². The molecule has 0 amide bonds. The number of hydrogen-bond donors (Lipinski definition) is 0. The number of esters is 1. The van der Waals surface area contributed by atoms with Crippen LogP contribution in [-0.4, -0.2) is 17.7 Å². The molecule has 1 aromatic carbocycles. The maximum atomic E-state index is 13.6. The first-order valence-corrected chi connectivity index (χ1v) is 7.23. The first-order valence-electron chi connectivity index (χ1n) is 7.23. The number of carbonyl (C=O) groups excluding carboxylic acids is 1. The second-order valence-corrected chi connectivity index (χ2v) is 6.50. The fourth-order valence-electron chi connectivity index (χ4n) is 2.57. The molecule has 23 heavy (non-hydrogen) atoms. The number of halogens is 3. The van der Waals surface area contributed by atoms with E-state index in [-0.39, 0.29) is 11.3 Å². The summed E-state index contributed by atoms with van der Waals surface area (Å²) in [6, 6.07) is 7.42. The number of rotatable bonds is 2. The average molecular weight is 328 g/mol. The first kappa shape index (κ1) is 17.4. The number of ether oxygens (including phenoxy) is 2. The van der Waals surface area contributed by atoms with Crippen molar-refractivity contribution in [2.45, 2.75) is 45.1 Å². The lowest BCUT2D eigenvalue weighted by Crippen LogP contribution is -2.58. The van der Waals surface area contributed by atoms with E-state index in [9.17, 15) is 18.0 Å². The number of carbonyl (C=O) groups is 1. The summed E-state index contributed by atoms with van der Waals surface area (Å²) in [6.07, 6.45) is -3.61. The summed E-state index contributed by atoms with van der Waals surface area (Å²) >= 11 is 0. The fourth-order valence-corrected chi connectivity index (χ4v) is 2.57. The summed E-state index contributed by atoms with van der Waals surface area (Å²) in [5, 5.41) is 0. The predicted octanol–water partition coefficient (Wildman–Crippen LogP) is 4.34. The van der Waals surface area contributed by atoms with Crippen molar-refractivity contribution in [3.8, 4) is 0 Å². The number of hydrogen-bond acceptors (Lipinski definition) is 3. The van der Waals surface area contributed by atoms with E-state index in [2.05, 4.69) is 0 Å². The summed E-state index contributed by atoms with van der Waals surface area (Å²) in [6.45, 7) is 6.43. The maximum absolute atomic E-state index is 13.6. The van der Waals surface area contributed by atoms with Gasteiger partial charge in [-0.1, -0.05) is 37.3 Å². The van der Waals surface area contributed by atoms with Crippen LogP contribution in [-0.2, 0) is 19.9 Å². The molecule has 0 bridgehead atoms. The van der Waals surface area contributed by atoms with Crippen LogP contribution in [0.4, 0.5) is 13.2 Å². The van der Waals surface area contributed by atoms with Gasteiger partial charge in [0.05, 0.1) is 12.0 Å². The topological polar surface area (TPSA) is 35.5 Å². The lowest BCUT2D eigenvalue weighted by Gasteiger charge is -2.50. The van der Waals surface area contributed by atoms with Crippen LogP contribution < -0.4 is 0 Å². The molecule has 2 rings (SSSR count). The van der Waals surface area contributed by atoms with Crippen molar-refractivity contribution in [3.63, 3.8) is 0 Å². The van der Waals surface area contributed by atoms with Crippen LogP contribution in [0.3, 0.4) is 0 Å². The monoisotopic (exact) mass is 328 g/mol. The summed E-state index contributed by atoms with van der Waals surface area (Å²) in [4.78, 5) is 11.7. The largest absolute Gasteiger partial charge is 0.476 e. The van der Waals surface area contributed by atoms with Crippen LogP contribution in [0.2, 0.25) is 0 Å². The first-order chi connectivity index (χ1) is 10.5. The molecule has 0 unspecified atom stereocenters. The van der Waals surface area contributed by atoms with Crippen LogP contribution in [0.5, 0.6) is 0 Å². The van der Waals surface area contributed by atoms with Crippen LogP contribution in [0.25, 0.3) is 0 Å². The highest BCUT2D eigenvalue weighted by Crippen LogP contribution is 2.58. The van der Waals surface area contributed by atoms with Gasteiger partial charge in [-0.3, -0.25) is 0 Å². The van der Waals surface area contributed by atoms with Crippen molar-refractivity contribution < 1.29 is 27.4 Å². The Morgan fingerprint density at radius 3 is 2.22 bits per heavy atom. The molecule has 6 heteroatoms. The minimum atomic E-state index is -4.60. The highest BCUT2D eigenvalue weighted by molar-refractivity contribution is 5.83. The smallest absolute Gasteiger partial charge is 0.433 e. The molecule has 1 aliphatic heterocycles. The van der Waals surface area contributed by atoms with Gasteiger partial charge in [0.1, 0.15) is 11.4 Å². The third-order valence-electron chi connectivity index (χ3n) is 3.61. The summed E-state index contributed by atoms with van der Waals surface area (Å²) in [7, 11) is 0. The summed E-state index contributed by atoms with van der Waals surface area (Å²) in [5.74, 6) is -1.76. The van der Waals surface area contributed by atoms with Crippen LogP contribution in [0.1, 0.15) is 33.3 Å². The molecule has 1 aromatic rings. The third kappa shape index (κ3) is 3.21. The molecule has 0 spiro atoms. The van der Waals surface area contributed by atoms with Gasteiger partial charge in [-0.2, -0.15) is 13.2 Å². The molecule has 0 N–H and O–H groups in total. The zero-order valence-electron chi connectivity index (χ0n) is 13.4. The van der Waals surface area contributed by atoms with Gasteiger partial charge in [0, 0.05) is 5.56 Å². The van der Waals surface area contributed by atoms with Gasteiger partial charge in [-0.15, -0.1) is 0 Å². The standard InChI is InChI=1S/C17H19F3O3/c1-11-13(10-14(21)23-15(2,3)4)22-16(11,17(18,19)20)12-8-6-5-7-9-12/h5-11H,1-4H3/t11-,16+/m1/s1. The zero-order valence-corrected chi connectivity index (χ0v) is 13.4. The lowest BCUT2D eigenvalue weighted by atomic mass is 9.75. The summed E-state index contributed by atoms with van der Waals surface area (Å²) < 4.78 is 51.0. The Kier molecular flexibility index (Phi) is 4.22. The number of benzene rings is 1. The Labute approximate surface area is 133 Å². The van der Waals surface area contributed by atoms with Crippen molar-refractivity contribution in [3.05, 3.63) is 47.7 Å². The highest BCUT2D eigenvalue weighted by atomic mass is 19.4. The Balaban J connectivity index is 2.29. The van der Waals surface area contributed by atoms with Gasteiger partial charge in [0.25, 0.3) is 0 Å². The fraction of sp³-hybridized carbons (Fsp3) is 0.471. The molecule has 1 heterocycles. The van der Waals surface area contributed by atoms with Crippen LogP contribution >= 0.6 is 0 Å².